The smallest absolute Gasteiger partial charge is 0.136 e. The van der Waals surface area contributed by atoms with E-state index in [-0.39, 0.29) is 12.6 Å². The molecule has 5 heteroatoms. The summed E-state index contributed by atoms with van der Waals surface area (Å²) in [5, 5.41) is 15.6. The monoisotopic (exact) mass is 264 g/mol. The Bertz CT molecular complexity index is 418. The van der Waals surface area contributed by atoms with Crippen molar-refractivity contribution < 1.29 is 5.11 Å². The van der Waals surface area contributed by atoms with Crippen LogP contribution in [0.3, 0.4) is 0 Å². The van der Waals surface area contributed by atoms with E-state index in [9.17, 15) is 0 Å². The number of hydrogen-bond acceptors (Lipinski definition) is 5. The van der Waals surface area contributed by atoms with Crippen LogP contribution in [0.1, 0.15) is 44.9 Å². The third-order valence-electron chi connectivity index (χ3n) is 3.52. The molecule has 5 nitrogen and oxygen atoms in total. The van der Waals surface area contributed by atoms with Crippen molar-refractivity contribution >= 4 is 11.6 Å². The van der Waals surface area contributed by atoms with Gasteiger partial charge in [-0.3, -0.25) is 0 Å². The predicted molar refractivity (Wildman–Crippen MR) is 77.5 cm³/mol. The van der Waals surface area contributed by atoms with Gasteiger partial charge in [0.15, 0.2) is 0 Å². The van der Waals surface area contributed by atoms with E-state index in [1.807, 2.05) is 13.1 Å². The first kappa shape index (κ1) is 14.1. The standard InChI is InChI=1S/C14H24N4O/c1-9(2)11(6-7-19)16-13-8-12(15-3)17-14(18-13)10-4-5-10/h8-11,19H,4-7H2,1-3H3,(H2,15,16,17,18). The maximum Gasteiger partial charge on any atom is 0.136 e. The molecule has 0 saturated heterocycles. The first-order valence-corrected chi connectivity index (χ1v) is 7.08. The number of hydrogen-bond donors (Lipinski definition) is 3. The van der Waals surface area contributed by atoms with Gasteiger partial charge < -0.3 is 15.7 Å². The van der Waals surface area contributed by atoms with E-state index >= 15 is 0 Å². The zero-order valence-corrected chi connectivity index (χ0v) is 12.0. The minimum absolute atomic E-state index is 0.190. The maximum atomic E-state index is 9.13. The zero-order chi connectivity index (χ0) is 13.8. The molecule has 2 rings (SSSR count). The van der Waals surface area contributed by atoms with E-state index in [0.717, 1.165) is 23.9 Å². The van der Waals surface area contributed by atoms with Crippen LogP contribution in [0.5, 0.6) is 0 Å². The normalized spacial score (nSPS) is 16.5. The Morgan fingerprint density at radius 1 is 1.32 bits per heavy atom. The van der Waals surface area contributed by atoms with Gasteiger partial charge in [-0.15, -0.1) is 0 Å². The van der Waals surface area contributed by atoms with Crippen LogP contribution >= 0.6 is 0 Å². The van der Waals surface area contributed by atoms with Gasteiger partial charge in [0, 0.05) is 31.7 Å². The summed E-state index contributed by atoms with van der Waals surface area (Å²) in [6.45, 7) is 4.49. The van der Waals surface area contributed by atoms with E-state index in [2.05, 4.69) is 34.4 Å². The van der Waals surface area contributed by atoms with Crippen LogP contribution in [0.15, 0.2) is 6.07 Å². The van der Waals surface area contributed by atoms with Crippen LogP contribution in [0, 0.1) is 5.92 Å². The van der Waals surface area contributed by atoms with Crippen LogP contribution in [-0.4, -0.2) is 34.8 Å². The van der Waals surface area contributed by atoms with Crippen molar-refractivity contribution in [3.63, 3.8) is 0 Å². The van der Waals surface area contributed by atoms with Gasteiger partial charge in [0.1, 0.15) is 17.5 Å². The highest BCUT2D eigenvalue weighted by Gasteiger charge is 2.27. The lowest BCUT2D eigenvalue weighted by Crippen LogP contribution is -2.27. The third-order valence-corrected chi connectivity index (χ3v) is 3.52. The van der Waals surface area contributed by atoms with Crippen molar-refractivity contribution in [1.29, 1.82) is 0 Å². The van der Waals surface area contributed by atoms with Crippen molar-refractivity contribution in [3.05, 3.63) is 11.9 Å². The van der Waals surface area contributed by atoms with Crippen molar-refractivity contribution in [1.82, 2.24) is 9.97 Å². The minimum atomic E-state index is 0.190. The van der Waals surface area contributed by atoms with Crippen molar-refractivity contribution in [2.45, 2.75) is 45.1 Å². The molecule has 0 amide bonds. The number of anilines is 2. The summed E-state index contributed by atoms with van der Waals surface area (Å²) in [5.74, 6) is 3.62. The second-order valence-corrected chi connectivity index (χ2v) is 5.53. The SMILES string of the molecule is CNc1cc(NC(CCO)C(C)C)nc(C2CC2)n1. The Balaban J connectivity index is 2.15. The Hall–Kier alpha value is -1.36. The summed E-state index contributed by atoms with van der Waals surface area (Å²) < 4.78 is 0. The summed E-state index contributed by atoms with van der Waals surface area (Å²) in [7, 11) is 1.87. The van der Waals surface area contributed by atoms with Gasteiger partial charge in [0.25, 0.3) is 0 Å². The molecule has 1 fully saturated rings. The molecule has 1 unspecified atom stereocenters. The Morgan fingerprint density at radius 2 is 2.00 bits per heavy atom. The summed E-state index contributed by atoms with van der Waals surface area (Å²) in [6.07, 6.45) is 3.11. The number of aliphatic hydroxyl groups is 1. The quantitative estimate of drug-likeness (QED) is 0.704. The third kappa shape index (κ3) is 3.80. The second-order valence-electron chi connectivity index (χ2n) is 5.53. The molecular weight excluding hydrogens is 240 g/mol. The van der Waals surface area contributed by atoms with Crippen molar-refractivity contribution in [3.8, 4) is 0 Å². The Morgan fingerprint density at radius 3 is 2.53 bits per heavy atom. The summed E-state index contributed by atoms with van der Waals surface area (Å²) in [4.78, 5) is 9.10. The molecule has 0 bridgehead atoms. The highest BCUT2D eigenvalue weighted by Crippen LogP contribution is 2.38. The molecule has 0 radical (unpaired) electrons. The summed E-state index contributed by atoms with van der Waals surface area (Å²) in [6, 6.07) is 2.16. The van der Waals surface area contributed by atoms with Gasteiger partial charge in [-0.25, -0.2) is 9.97 Å². The number of aromatic nitrogens is 2. The molecule has 1 heterocycles. The highest BCUT2D eigenvalue weighted by atomic mass is 16.3. The van der Waals surface area contributed by atoms with Crippen LogP contribution in [0.4, 0.5) is 11.6 Å². The van der Waals surface area contributed by atoms with Crippen LogP contribution in [0.2, 0.25) is 0 Å². The first-order chi connectivity index (χ1) is 9.13. The van der Waals surface area contributed by atoms with E-state index < -0.39 is 0 Å². The molecule has 1 saturated carbocycles. The Labute approximate surface area is 114 Å². The molecule has 1 aliphatic carbocycles. The van der Waals surface area contributed by atoms with Gasteiger partial charge in [0.05, 0.1) is 0 Å². The van der Waals surface area contributed by atoms with Crippen molar-refractivity contribution in [2.24, 2.45) is 5.92 Å². The van der Waals surface area contributed by atoms with E-state index in [0.29, 0.717) is 11.8 Å². The molecule has 0 aliphatic heterocycles. The summed E-state index contributed by atoms with van der Waals surface area (Å²) >= 11 is 0. The number of aliphatic hydroxyl groups excluding tert-OH is 1. The molecule has 3 N–H and O–H groups in total. The summed E-state index contributed by atoms with van der Waals surface area (Å²) in [5.41, 5.74) is 0. The van der Waals surface area contributed by atoms with Gasteiger partial charge in [0.2, 0.25) is 0 Å². The van der Waals surface area contributed by atoms with Gasteiger partial charge in [-0.05, 0) is 25.2 Å². The molecule has 1 aliphatic rings. The molecule has 1 atom stereocenters. The molecule has 1 aromatic heterocycles. The molecule has 0 spiro atoms. The van der Waals surface area contributed by atoms with Crippen LogP contribution in [0.25, 0.3) is 0 Å². The van der Waals surface area contributed by atoms with E-state index in [1.165, 1.54) is 12.8 Å². The molecule has 19 heavy (non-hydrogen) atoms. The molecule has 1 aromatic rings. The fraction of sp³-hybridized carbons (Fsp3) is 0.714. The fourth-order valence-electron chi connectivity index (χ4n) is 2.09. The van der Waals surface area contributed by atoms with Crippen LogP contribution < -0.4 is 10.6 Å². The number of rotatable bonds is 7. The fourth-order valence-corrected chi connectivity index (χ4v) is 2.09. The molecule has 0 aromatic carbocycles. The van der Waals surface area contributed by atoms with E-state index in [1.54, 1.807) is 0 Å². The molecular formula is C14H24N4O. The highest BCUT2D eigenvalue weighted by molar-refractivity contribution is 5.48. The molecule has 106 valence electrons. The largest absolute Gasteiger partial charge is 0.396 e. The minimum Gasteiger partial charge on any atom is -0.396 e. The Kier molecular flexibility index (Phi) is 4.58. The average Bonchev–Trinajstić information content (AvgIpc) is 3.22. The second kappa shape index (κ2) is 6.19. The topological polar surface area (TPSA) is 70.1 Å². The predicted octanol–water partition coefficient (Wildman–Crippen LogP) is 2.21. The number of nitrogens with one attached hydrogen (secondary N) is 2. The lowest BCUT2D eigenvalue weighted by atomic mass is 10.0. The number of nitrogens with zero attached hydrogens (tertiary/aromatic N) is 2. The van der Waals surface area contributed by atoms with Crippen molar-refractivity contribution in [2.75, 3.05) is 24.3 Å². The van der Waals surface area contributed by atoms with E-state index in [4.69, 9.17) is 5.11 Å². The van der Waals surface area contributed by atoms with Gasteiger partial charge in [-0.1, -0.05) is 13.8 Å². The average molecular weight is 264 g/mol. The lowest BCUT2D eigenvalue weighted by molar-refractivity contribution is 0.267. The van der Waals surface area contributed by atoms with Gasteiger partial charge >= 0.3 is 0 Å². The lowest BCUT2D eigenvalue weighted by Gasteiger charge is -2.22. The maximum absolute atomic E-state index is 9.13. The van der Waals surface area contributed by atoms with Crippen LogP contribution in [-0.2, 0) is 0 Å². The first-order valence-electron chi connectivity index (χ1n) is 7.08. The van der Waals surface area contributed by atoms with Gasteiger partial charge in [-0.2, -0.15) is 0 Å². The zero-order valence-electron chi connectivity index (χ0n) is 12.0.